The molecular formula is C16H23N3O2. The summed E-state index contributed by atoms with van der Waals surface area (Å²) < 4.78 is 5.81. The van der Waals surface area contributed by atoms with Crippen LogP contribution in [0.25, 0.3) is 0 Å². The minimum absolute atomic E-state index is 0.0179. The van der Waals surface area contributed by atoms with Crippen molar-refractivity contribution in [1.82, 2.24) is 4.90 Å². The number of ether oxygens (including phenoxy) is 1. The normalized spacial score (nSPS) is 25.3. The summed E-state index contributed by atoms with van der Waals surface area (Å²) in [6, 6.07) is 7.90. The van der Waals surface area contributed by atoms with Crippen molar-refractivity contribution in [3.8, 4) is 0 Å². The van der Waals surface area contributed by atoms with E-state index in [0.717, 1.165) is 24.1 Å². The number of carbonyl (C=O) groups excluding carboxylic acids is 1. The molecule has 2 unspecified atom stereocenters. The first-order chi connectivity index (χ1) is 10.3. The van der Waals surface area contributed by atoms with E-state index in [0.29, 0.717) is 19.7 Å². The van der Waals surface area contributed by atoms with Crippen LogP contribution in [0.4, 0.5) is 10.5 Å². The highest BCUT2D eigenvalue weighted by atomic mass is 16.5. The van der Waals surface area contributed by atoms with Crippen molar-refractivity contribution >= 4 is 11.7 Å². The van der Waals surface area contributed by atoms with Gasteiger partial charge in [-0.2, -0.15) is 0 Å². The van der Waals surface area contributed by atoms with Gasteiger partial charge in [0, 0.05) is 18.8 Å². The fourth-order valence-corrected chi connectivity index (χ4v) is 3.27. The van der Waals surface area contributed by atoms with E-state index < -0.39 is 0 Å². The number of benzene rings is 1. The second-order valence-electron chi connectivity index (χ2n) is 5.79. The fraction of sp³-hybridized carbons (Fsp3) is 0.562. The smallest absolute Gasteiger partial charge is 0.322 e. The minimum Gasteiger partial charge on any atom is -0.374 e. The van der Waals surface area contributed by atoms with Crippen LogP contribution in [-0.2, 0) is 11.3 Å². The lowest BCUT2D eigenvalue weighted by molar-refractivity contribution is -0.0694. The average Bonchev–Trinajstić information content (AvgIpc) is 2.55. The number of rotatable bonds is 2. The molecule has 1 heterocycles. The SMILES string of the molecule is NCc1ccc(NC(=O)N2CCOC3CCCCC32)cc1. The van der Waals surface area contributed by atoms with Crippen molar-refractivity contribution in [3.05, 3.63) is 29.8 Å². The Balaban J connectivity index is 1.65. The third-order valence-electron chi connectivity index (χ3n) is 4.43. The van der Waals surface area contributed by atoms with Crippen LogP contribution in [0.2, 0.25) is 0 Å². The Labute approximate surface area is 125 Å². The number of nitrogens with zero attached hydrogens (tertiary/aromatic N) is 1. The van der Waals surface area contributed by atoms with Gasteiger partial charge in [-0.3, -0.25) is 0 Å². The molecule has 3 rings (SSSR count). The molecule has 5 heteroatoms. The lowest BCUT2D eigenvalue weighted by Crippen LogP contribution is -2.55. The molecule has 0 aromatic heterocycles. The maximum absolute atomic E-state index is 12.5. The Bertz CT molecular complexity index is 487. The van der Waals surface area contributed by atoms with Crippen LogP contribution in [0.1, 0.15) is 31.2 Å². The molecule has 5 nitrogen and oxygen atoms in total. The molecule has 2 atom stereocenters. The van der Waals surface area contributed by atoms with E-state index in [1.807, 2.05) is 29.2 Å². The predicted molar refractivity (Wildman–Crippen MR) is 82.1 cm³/mol. The van der Waals surface area contributed by atoms with Crippen molar-refractivity contribution in [1.29, 1.82) is 0 Å². The van der Waals surface area contributed by atoms with E-state index in [-0.39, 0.29) is 18.2 Å². The molecule has 1 saturated heterocycles. The van der Waals surface area contributed by atoms with Gasteiger partial charge in [0.2, 0.25) is 0 Å². The fourth-order valence-electron chi connectivity index (χ4n) is 3.27. The van der Waals surface area contributed by atoms with Crippen molar-refractivity contribution in [3.63, 3.8) is 0 Å². The number of amides is 2. The van der Waals surface area contributed by atoms with Crippen LogP contribution in [0, 0.1) is 0 Å². The second-order valence-corrected chi connectivity index (χ2v) is 5.79. The summed E-state index contributed by atoms with van der Waals surface area (Å²) in [5, 5.41) is 2.99. The van der Waals surface area contributed by atoms with Crippen LogP contribution < -0.4 is 11.1 Å². The topological polar surface area (TPSA) is 67.6 Å². The minimum atomic E-state index is -0.0179. The van der Waals surface area contributed by atoms with Gasteiger partial charge in [0.15, 0.2) is 0 Å². The molecule has 2 aliphatic rings. The summed E-state index contributed by atoms with van der Waals surface area (Å²) in [7, 11) is 0. The first-order valence-electron chi connectivity index (χ1n) is 7.76. The molecule has 0 bridgehead atoms. The van der Waals surface area contributed by atoms with Crippen LogP contribution >= 0.6 is 0 Å². The molecule has 1 aliphatic heterocycles. The van der Waals surface area contributed by atoms with Crippen molar-refractivity contribution in [2.45, 2.75) is 44.4 Å². The number of carbonyl (C=O) groups is 1. The van der Waals surface area contributed by atoms with Gasteiger partial charge in [0.05, 0.1) is 18.8 Å². The molecule has 1 aromatic carbocycles. The molecule has 2 amide bonds. The molecule has 2 fully saturated rings. The molecule has 114 valence electrons. The van der Waals surface area contributed by atoms with E-state index >= 15 is 0 Å². The number of hydrogen-bond donors (Lipinski definition) is 2. The zero-order valence-electron chi connectivity index (χ0n) is 12.3. The van der Waals surface area contributed by atoms with Crippen molar-refractivity contribution in [2.24, 2.45) is 5.73 Å². The zero-order chi connectivity index (χ0) is 14.7. The van der Waals surface area contributed by atoms with Crippen molar-refractivity contribution < 1.29 is 9.53 Å². The van der Waals surface area contributed by atoms with E-state index in [1.165, 1.54) is 12.8 Å². The zero-order valence-corrected chi connectivity index (χ0v) is 12.3. The molecular weight excluding hydrogens is 266 g/mol. The number of fused-ring (bicyclic) bond motifs is 1. The van der Waals surface area contributed by atoms with Gasteiger partial charge in [-0.15, -0.1) is 0 Å². The standard InChI is InChI=1S/C16H23N3O2/c17-11-12-5-7-13(8-6-12)18-16(20)19-9-10-21-15-4-2-1-3-14(15)19/h5-8,14-15H,1-4,9-11,17H2,(H,18,20). The van der Waals surface area contributed by atoms with Crippen LogP contribution in [0.5, 0.6) is 0 Å². The number of hydrogen-bond acceptors (Lipinski definition) is 3. The molecule has 21 heavy (non-hydrogen) atoms. The number of anilines is 1. The molecule has 1 saturated carbocycles. The predicted octanol–water partition coefficient (Wildman–Crippen LogP) is 2.32. The molecule has 0 spiro atoms. The summed E-state index contributed by atoms with van der Waals surface area (Å²) in [5.41, 5.74) is 7.46. The van der Waals surface area contributed by atoms with E-state index in [4.69, 9.17) is 10.5 Å². The second kappa shape index (κ2) is 6.45. The maximum atomic E-state index is 12.5. The Hall–Kier alpha value is -1.59. The van der Waals surface area contributed by atoms with Gasteiger partial charge in [-0.05, 0) is 30.5 Å². The van der Waals surface area contributed by atoms with Crippen LogP contribution in [0.15, 0.2) is 24.3 Å². The van der Waals surface area contributed by atoms with Crippen LogP contribution in [0.3, 0.4) is 0 Å². The van der Waals surface area contributed by atoms with E-state index in [2.05, 4.69) is 5.32 Å². The molecule has 0 radical (unpaired) electrons. The Morgan fingerprint density at radius 1 is 1.29 bits per heavy atom. The number of morpholine rings is 1. The first kappa shape index (κ1) is 14.4. The third-order valence-corrected chi connectivity index (χ3v) is 4.43. The summed E-state index contributed by atoms with van der Waals surface area (Å²) in [4.78, 5) is 14.5. The van der Waals surface area contributed by atoms with Gasteiger partial charge >= 0.3 is 6.03 Å². The highest BCUT2D eigenvalue weighted by Gasteiger charge is 2.36. The number of nitrogens with one attached hydrogen (secondary N) is 1. The quantitative estimate of drug-likeness (QED) is 0.878. The Morgan fingerprint density at radius 2 is 2.05 bits per heavy atom. The summed E-state index contributed by atoms with van der Waals surface area (Å²) in [6.45, 7) is 1.83. The van der Waals surface area contributed by atoms with Gasteiger partial charge in [0.25, 0.3) is 0 Å². The lowest BCUT2D eigenvalue weighted by atomic mass is 9.90. The van der Waals surface area contributed by atoms with E-state index in [1.54, 1.807) is 0 Å². The van der Waals surface area contributed by atoms with Gasteiger partial charge in [-0.1, -0.05) is 25.0 Å². The number of nitrogens with two attached hydrogens (primary N) is 1. The largest absolute Gasteiger partial charge is 0.374 e. The highest BCUT2D eigenvalue weighted by molar-refractivity contribution is 5.89. The summed E-state index contributed by atoms with van der Waals surface area (Å²) in [5.74, 6) is 0. The van der Waals surface area contributed by atoms with E-state index in [9.17, 15) is 4.79 Å². The third kappa shape index (κ3) is 3.19. The molecule has 3 N–H and O–H groups in total. The average molecular weight is 289 g/mol. The maximum Gasteiger partial charge on any atom is 0.322 e. The Morgan fingerprint density at radius 3 is 2.81 bits per heavy atom. The number of urea groups is 1. The summed E-state index contributed by atoms with van der Waals surface area (Å²) in [6.07, 6.45) is 4.72. The first-order valence-corrected chi connectivity index (χ1v) is 7.76. The van der Waals surface area contributed by atoms with Gasteiger partial charge < -0.3 is 20.7 Å². The summed E-state index contributed by atoms with van der Waals surface area (Å²) >= 11 is 0. The van der Waals surface area contributed by atoms with Crippen LogP contribution in [-0.4, -0.2) is 36.2 Å². The molecule has 1 aromatic rings. The highest BCUT2D eigenvalue weighted by Crippen LogP contribution is 2.28. The lowest BCUT2D eigenvalue weighted by Gasteiger charge is -2.43. The molecule has 1 aliphatic carbocycles. The monoisotopic (exact) mass is 289 g/mol. The van der Waals surface area contributed by atoms with Gasteiger partial charge in [-0.25, -0.2) is 4.79 Å². The van der Waals surface area contributed by atoms with Crippen molar-refractivity contribution in [2.75, 3.05) is 18.5 Å². The Kier molecular flexibility index (Phi) is 4.41. The van der Waals surface area contributed by atoms with Gasteiger partial charge in [0.1, 0.15) is 0 Å².